The Morgan fingerprint density at radius 2 is 1.95 bits per heavy atom. The summed E-state index contributed by atoms with van der Waals surface area (Å²) >= 11 is 6.50. The molecule has 3 aromatic heterocycles. The Labute approximate surface area is 226 Å². The lowest BCUT2D eigenvalue weighted by Gasteiger charge is -2.24. The van der Waals surface area contributed by atoms with Crippen LogP contribution in [0.15, 0.2) is 60.9 Å². The lowest BCUT2D eigenvalue weighted by molar-refractivity contribution is 0.0972. The van der Waals surface area contributed by atoms with Crippen molar-refractivity contribution in [3.8, 4) is 11.1 Å². The normalized spacial score (nSPS) is 12.6. The molecule has 9 heteroatoms. The zero-order chi connectivity index (χ0) is 26.9. The van der Waals surface area contributed by atoms with Gasteiger partial charge in [-0.15, -0.1) is 0 Å². The van der Waals surface area contributed by atoms with Gasteiger partial charge in [-0.25, -0.2) is 9.78 Å². The number of carbonyl (C=O) groups excluding carboxylic acids is 1. The number of hydrogen-bond acceptors (Lipinski definition) is 5. The molecule has 4 N–H and O–H groups in total. The van der Waals surface area contributed by atoms with E-state index in [1.54, 1.807) is 6.20 Å². The SMILES string of the molecule is Cc1[nH]nc2ccc(-c3cc(NC[C@H](Cc4c[nH]c5ccccc45)OC(=O)NC(C)(C)C)cnc3Cl)cc12. The van der Waals surface area contributed by atoms with Gasteiger partial charge in [0.1, 0.15) is 11.3 Å². The number of aromatic amines is 2. The molecule has 196 valence electrons. The minimum absolute atomic E-state index is 0.389. The Hall–Kier alpha value is -4.04. The maximum atomic E-state index is 12.7. The monoisotopic (exact) mass is 530 g/mol. The predicted octanol–water partition coefficient (Wildman–Crippen LogP) is 6.62. The number of nitrogens with zero attached hydrogens (tertiary/aromatic N) is 2. The van der Waals surface area contributed by atoms with Crippen molar-refractivity contribution in [2.75, 3.05) is 11.9 Å². The number of halogens is 1. The number of nitrogens with one attached hydrogen (secondary N) is 4. The second kappa shape index (κ2) is 10.4. The maximum absolute atomic E-state index is 12.7. The zero-order valence-electron chi connectivity index (χ0n) is 21.9. The summed E-state index contributed by atoms with van der Waals surface area (Å²) in [4.78, 5) is 20.4. The number of carbonyl (C=O) groups is 1. The summed E-state index contributed by atoms with van der Waals surface area (Å²) in [5.74, 6) is 0. The molecule has 0 bridgehead atoms. The van der Waals surface area contributed by atoms with Gasteiger partial charge in [0.05, 0.1) is 23.9 Å². The van der Waals surface area contributed by atoms with Crippen molar-refractivity contribution in [1.29, 1.82) is 0 Å². The van der Waals surface area contributed by atoms with E-state index in [1.807, 2.05) is 70.3 Å². The van der Waals surface area contributed by atoms with Gasteiger partial charge in [-0.3, -0.25) is 5.10 Å². The Kier molecular flexibility index (Phi) is 6.99. The van der Waals surface area contributed by atoms with Crippen molar-refractivity contribution in [3.05, 3.63) is 77.3 Å². The number of fused-ring (bicyclic) bond motifs is 2. The topological polar surface area (TPSA) is 108 Å². The lowest BCUT2D eigenvalue weighted by atomic mass is 10.0. The quantitative estimate of drug-likeness (QED) is 0.177. The van der Waals surface area contributed by atoms with E-state index in [0.717, 1.165) is 49.9 Å². The number of amides is 1. The van der Waals surface area contributed by atoms with Gasteiger partial charge in [-0.2, -0.15) is 5.10 Å². The van der Waals surface area contributed by atoms with Crippen LogP contribution < -0.4 is 10.6 Å². The highest BCUT2D eigenvalue weighted by atomic mass is 35.5. The number of H-pyrrole nitrogens is 2. The Balaban J connectivity index is 1.37. The summed E-state index contributed by atoms with van der Waals surface area (Å²) in [6.45, 7) is 8.14. The van der Waals surface area contributed by atoms with Gasteiger partial charge in [0.15, 0.2) is 0 Å². The average molecular weight is 531 g/mol. The van der Waals surface area contributed by atoms with E-state index in [1.165, 1.54) is 0 Å². The summed E-state index contributed by atoms with van der Waals surface area (Å²) in [6.07, 6.45) is 3.31. The Morgan fingerprint density at radius 3 is 2.76 bits per heavy atom. The van der Waals surface area contributed by atoms with Crippen LogP contribution in [-0.2, 0) is 11.2 Å². The standard InChI is InChI=1S/C29H31ClN6O2/c1-17-23-12-18(9-10-26(23)36-35-17)24-13-20(15-33-27(24)30)31-16-21(38-28(37)34-29(2,3)4)11-19-14-32-25-8-6-5-7-22(19)25/h5-10,12-15,21,31-32H,11,16H2,1-4H3,(H,34,37)(H,35,36)/t21-/m0/s1. The van der Waals surface area contributed by atoms with E-state index >= 15 is 0 Å². The average Bonchev–Trinajstić information content (AvgIpc) is 3.45. The third kappa shape index (κ3) is 5.75. The fraction of sp³-hybridized carbons (Fsp3) is 0.276. The van der Waals surface area contributed by atoms with Gasteiger partial charge in [-0.1, -0.05) is 35.9 Å². The van der Waals surface area contributed by atoms with Crippen LogP contribution in [0.3, 0.4) is 0 Å². The molecule has 5 rings (SSSR count). The van der Waals surface area contributed by atoms with Gasteiger partial charge in [-0.05, 0) is 63.1 Å². The number of benzene rings is 2. The van der Waals surface area contributed by atoms with Crippen molar-refractivity contribution in [2.24, 2.45) is 0 Å². The number of ether oxygens (including phenoxy) is 1. The molecule has 0 aliphatic rings. The van der Waals surface area contributed by atoms with Crippen LogP contribution >= 0.6 is 11.6 Å². The van der Waals surface area contributed by atoms with Crippen LogP contribution in [0.5, 0.6) is 0 Å². The van der Waals surface area contributed by atoms with Gasteiger partial charge < -0.3 is 20.4 Å². The first kappa shape index (κ1) is 25.6. The molecule has 0 aliphatic heterocycles. The molecule has 3 heterocycles. The smallest absolute Gasteiger partial charge is 0.407 e. The molecule has 0 fully saturated rings. The van der Waals surface area contributed by atoms with Crippen LogP contribution in [0.2, 0.25) is 5.15 Å². The highest BCUT2D eigenvalue weighted by Gasteiger charge is 2.21. The number of rotatable bonds is 7. The number of para-hydroxylation sites is 1. The minimum atomic E-state index is -0.456. The molecule has 0 unspecified atom stereocenters. The zero-order valence-corrected chi connectivity index (χ0v) is 22.6. The lowest BCUT2D eigenvalue weighted by Crippen LogP contribution is -2.43. The fourth-order valence-electron chi connectivity index (χ4n) is 4.47. The second-order valence-electron chi connectivity index (χ2n) is 10.5. The van der Waals surface area contributed by atoms with Gasteiger partial charge in [0, 0.05) is 45.7 Å². The second-order valence-corrected chi connectivity index (χ2v) is 10.8. The van der Waals surface area contributed by atoms with Crippen molar-refractivity contribution < 1.29 is 9.53 Å². The summed E-state index contributed by atoms with van der Waals surface area (Å²) in [5.41, 5.74) is 6.13. The van der Waals surface area contributed by atoms with Gasteiger partial charge in [0.25, 0.3) is 0 Å². The molecule has 0 aliphatic carbocycles. The first-order valence-electron chi connectivity index (χ1n) is 12.5. The molecule has 0 radical (unpaired) electrons. The fourth-order valence-corrected chi connectivity index (χ4v) is 4.69. The molecule has 0 spiro atoms. The third-order valence-corrected chi connectivity index (χ3v) is 6.60. The Bertz CT molecular complexity index is 1600. The number of aromatic nitrogens is 4. The molecule has 0 saturated carbocycles. The van der Waals surface area contributed by atoms with Crippen LogP contribution in [-0.4, -0.2) is 44.4 Å². The molecule has 5 aromatic rings. The maximum Gasteiger partial charge on any atom is 0.407 e. The minimum Gasteiger partial charge on any atom is -0.444 e. The van der Waals surface area contributed by atoms with Crippen molar-refractivity contribution in [2.45, 2.75) is 45.8 Å². The number of hydrogen-bond donors (Lipinski definition) is 4. The van der Waals surface area contributed by atoms with Crippen LogP contribution in [0, 0.1) is 6.92 Å². The first-order chi connectivity index (χ1) is 18.2. The number of anilines is 1. The van der Waals surface area contributed by atoms with Crippen molar-refractivity contribution in [3.63, 3.8) is 0 Å². The van der Waals surface area contributed by atoms with Gasteiger partial charge >= 0.3 is 6.09 Å². The number of alkyl carbamates (subject to hydrolysis) is 1. The predicted molar refractivity (Wildman–Crippen MR) is 153 cm³/mol. The van der Waals surface area contributed by atoms with Gasteiger partial charge in [0.2, 0.25) is 0 Å². The summed E-state index contributed by atoms with van der Waals surface area (Å²) in [5, 5.41) is 16.2. The van der Waals surface area contributed by atoms with Crippen LogP contribution in [0.4, 0.5) is 10.5 Å². The molecular formula is C29H31ClN6O2. The Morgan fingerprint density at radius 1 is 1.13 bits per heavy atom. The molecule has 8 nitrogen and oxygen atoms in total. The molecule has 2 aromatic carbocycles. The highest BCUT2D eigenvalue weighted by Crippen LogP contribution is 2.31. The summed E-state index contributed by atoms with van der Waals surface area (Å²) in [6, 6.07) is 16.1. The van der Waals surface area contributed by atoms with E-state index in [-0.39, 0.29) is 0 Å². The van der Waals surface area contributed by atoms with Crippen molar-refractivity contribution in [1.82, 2.24) is 25.5 Å². The molecule has 38 heavy (non-hydrogen) atoms. The molecule has 0 saturated heterocycles. The summed E-state index contributed by atoms with van der Waals surface area (Å²) in [7, 11) is 0. The van der Waals surface area contributed by atoms with E-state index < -0.39 is 17.7 Å². The number of aryl methyl sites for hydroxylation is 1. The van der Waals surface area contributed by atoms with Crippen LogP contribution in [0.25, 0.3) is 32.9 Å². The third-order valence-electron chi connectivity index (χ3n) is 6.30. The van der Waals surface area contributed by atoms with Crippen LogP contribution in [0.1, 0.15) is 32.0 Å². The highest BCUT2D eigenvalue weighted by molar-refractivity contribution is 6.32. The molecular weight excluding hydrogens is 500 g/mol. The molecule has 1 amide bonds. The van der Waals surface area contributed by atoms with E-state index in [9.17, 15) is 4.79 Å². The number of pyridine rings is 1. The van der Waals surface area contributed by atoms with E-state index in [2.05, 4.69) is 42.9 Å². The largest absolute Gasteiger partial charge is 0.444 e. The summed E-state index contributed by atoms with van der Waals surface area (Å²) < 4.78 is 5.88. The molecule has 1 atom stereocenters. The van der Waals surface area contributed by atoms with Crippen molar-refractivity contribution >= 4 is 45.2 Å². The van der Waals surface area contributed by atoms with E-state index in [4.69, 9.17) is 16.3 Å². The van der Waals surface area contributed by atoms with E-state index in [0.29, 0.717) is 18.1 Å². The first-order valence-corrected chi connectivity index (χ1v) is 12.9.